The molecule has 10 atom stereocenters. The summed E-state index contributed by atoms with van der Waals surface area (Å²) in [6.07, 6.45) is -9.03. The van der Waals surface area contributed by atoms with Crippen LogP contribution in [0.4, 0.5) is 10.3 Å². The van der Waals surface area contributed by atoms with E-state index in [1.165, 1.54) is 6.33 Å². The number of hydrogen-bond donors (Lipinski definition) is 5. The number of ether oxygens (including phenoxy) is 2. The van der Waals surface area contributed by atoms with Gasteiger partial charge in [0, 0.05) is 0 Å². The Kier molecular flexibility index (Phi) is 7.71. The molecular formula is C22H24FN7O10P2S2. The van der Waals surface area contributed by atoms with Crippen molar-refractivity contribution in [2.45, 2.75) is 49.1 Å². The van der Waals surface area contributed by atoms with E-state index in [1.807, 2.05) is 0 Å². The van der Waals surface area contributed by atoms with E-state index in [1.54, 1.807) is 28.8 Å². The van der Waals surface area contributed by atoms with E-state index < -0.39 is 81.4 Å². The monoisotopic (exact) mass is 691 g/mol. The smallest absolute Gasteiger partial charge is 0.386 e. The number of benzene rings is 1. The van der Waals surface area contributed by atoms with E-state index in [4.69, 9.17) is 45.1 Å². The van der Waals surface area contributed by atoms with Gasteiger partial charge in [0.05, 0.1) is 36.9 Å². The number of aliphatic hydroxyl groups excluding tert-OH is 1. The van der Waals surface area contributed by atoms with Gasteiger partial charge in [0.1, 0.15) is 30.5 Å². The molecule has 3 aromatic heterocycles. The summed E-state index contributed by atoms with van der Waals surface area (Å²) in [4.78, 5) is 37.9. The van der Waals surface area contributed by atoms with E-state index in [9.17, 15) is 19.4 Å². The fraction of sp³-hybridized carbons (Fsp3) is 0.455. The number of nitrogens with zero attached hydrogens (tertiary/aromatic N) is 5. The molecule has 3 aliphatic rings. The summed E-state index contributed by atoms with van der Waals surface area (Å²) in [6, 6.07) is 7.11. The number of rotatable bonds is 2. The third kappa shape index (κ3) is 5.42. The van der Waals surface area contributed by atoms with E-state index in [2.05, 4.69) is 32.2 Å². The zero-order valence-electron chi connectivity index (χ0n) is 22.1. The van der Waals surface area contributed by atoms with Gasteiger partial charge < -0.3 is 34.3 Å². The zero-order chi connectivity index (χ0) is 31.0. The number of aromatic amines is 1. The van der Waals surface area contributed by atoms with E-state index in [0.29, 0.717) is 11.0 Å². The van der Waals surface area contributed by atoms with Gasteiger partial charge in [0.15, 0.2) is 29.8 Å². The standard InChI is InChI=1S/C22H24FN7O10P2S2/c23-13-16-12(38-20(13)30-8-26-14-18(30)27-22(24)28-19(14)32)6-36-42(34,44)40-17-15(31)11(5-35-41(33,43)39-16)37-21(17)29-7-25-9-3-1-2-4-10(9)29/h1-4,7-8,11-13,15-17,20-21,31H,5-6H2,(H,33,43)(H,34,44)(H3,24,27,28,32)/t11-,12-,13?,15?,16?,17?,20-,21-,41?,42?/m1/s1. The van der Waals surface area contributed by atoms with E-state index in [-0.39, 0.29) is 17.1 Å². The van der Waals surface area contributed by atoms with Gasteiger partial charge in [-0.3, -0.25) is 27.9 Å². The predicted molar refractivity (Wildman–Crippen MR) is 156 cm³/mol. The molecule has 22 heteroatoms. The first kappa shape index (κ1) is 30.3. The van der Waals surface area contributed by atoms with Gasteiger partial charge >= 0.3 is 13.5 Å². The lowest BCUT2D eigenvalue weighted by Crippen LogP contribution is -2.35. The van der Waals surface area contributed by atoms with Crippen LogP contribution in [0.25, 0.3) is 22.2 Å². The molecule has 0 spiro atoms. The first-order valence-corrected chi connectivity index (χ1v) is 18.3. The molecular weight excluding hydrogens is 667 g/mol. The lowest BCUT2D eigenvalue weighted by atomic mass is 10.1. The quantitative estimate of drug-likeness (QED) is 0.148. The number of aromatic nitrogens is 6. The SMILES string of the molecule is Nc1nc2c(ncn2[C@@H]2O[C@@H]3COP(O)(=S)OC4C(O)[C@@H](COP(=O)(S)OC3C2F)O[C@H]4n2cnc3ccccc32)c(=O)[nH]1. The lowest BCUT2D eigenvalue weighted by Gasteiger charge is -2.27. The topological polar surface area (TPSA) is 220 Å². The Balaban J connectivity index is 1.20. The number of nitrogens with two attached hydrogens (primary N) is 1. The Hall–Kier alpha value is -2.32. The van der Waals surface area contributed by atoms with E-state index >= 15 is 4.39 Å². The second-order valence-corrected chi connectivity index (χ2v) is 15.8. The number of imidazole rings is 2. The minimum atomic E-state index is -4.36. The molecule has 236 valence electrons. The Morgan fingerprint density at radius 1 is 1.07 bits per heavy atom. The third-order valence-electron chi connectivity index (χ3n) is 7.37. The maximum Gasteiger partial charge on any atom is 0.386 e. The summed E-state index contributed by atoms with van der Waals surface area (Å²) in [5, 5.41) is 11.1. The summed E-state index contributed by atoms with van der Waals surface area (Å²) in [5.74, 6) is -0.243. The number of halogens is 1. The van der Waals surface area contributed by atoms with Gasteiger partial charge in [0.2, 0.25) is 5.95 Å². The van der Waals surface area contributed by atoms with Crippen LogP contribution < -0.4 is 11.3 Å². The number of nitrogens with one attached hydrogen (secondary N) is 1. The molecule has 6 heterocycles. The summed E-state index contributed by atoms with van der Waals surface area (Å²) in [5.41, 5.74) is 6.03. The average Bonchev–Trinajstić information content (AvgIpc) is 3.72. The molecule has 2 bridgehead atoms. The number of H-pyrrole nitrogens is 1. The minimum Gasteiger partial charge on any atom is -0.387 e. The number of fused-ring (bicyclic) bond motifs is 5. The van der Waals surface area contributed by atoms with Crippen molar-refractivity contribution in [1.82, 2.24) is 29.1 Å². The Bertz CT molecular complexity index is 1890. The van der Waals surface area contributed by atoms with Crippen molar-refractivity contribution < 1.29 is 46.5 Å². The molecule has 0 aliphatic carbocycles. The van der Waals surface area contributed by atoms with Gasteiger partial charge in [-0.1, -0.05) is 24.4 Å². The fourth-order valence-electron chi connectivity index (χ4n) is 5.39. The number of aliphatic hydroxyl groups is 1. The van der Waals surface area contributed by atoms with Gasteiger partial charge in [-0.15, -0.1) is 0 Å². The second-order valence-electron chi connectivity index (χ2n) is 10.1. The van der Waals surface area contributed by atoms with Crippen molar-refractivity contribution in [2.75, 3.05) is 18.9 Å². The summed E-state index contributed by atoms with van der Waals surface area (Å²) in [6.45, 7) is -9.70. The molecule has 17 nitrogen and oxygen atoms in total. The fourth-order valence-corrected chi connectivity index (χ4v) is 8.28. The highest BCUT2D eigenvalue weighted by Crippen LogP contribution is 2.58. The first-order valence-electron chi connectivity index (χ1n) is 13.0. The molecule has 0 radical (unpaired) electrons. The van der Waals surface area contributed by atoms with Crippen LogP contribution in [0.1, 0.15) is 12.5 Å². The Morgan fingerprint density at radius 2 is 1.80 bits per heavy atom. The molecule has 5 N–H and O–H groups in total. The van der Waals surface area contributed by atoms with Crippen LogP contribution >= 0.6 is 25.8 Å². The van der Waals surface area contributed by atoms with E-state index in [0.717, 1.165) is 10.9 Å². The van der Waals surface area contributed by atoms with Crippen molar-refractivity contribution in [3.63, 3.8) is 0 Å². The van der Waals surface area contributed by atoms with Gasteiger partial charge in [-0.25, -0.2) is 18.9 Å². The predicted octanol–water partition coefficient (Wildman–Crippen LogP) is 1.32. The lowest BCUT2D eigenvalue weighted by molar-refractivity contribution is -0.0585. The zero-order valence-corrected chi connectivity index (χ0v) is 25.6. The van der Waals surface area contributed by atoms with Crippen molar-refractivity contribution in [1.29, 1.82) is 0 Å². The Morgan fingerprint density at radius 3 is 2.61 bits per heavy atom. The highest BCUT2D eigenvalue weighted by molar-refractivity contribution is 8.44. The van der Waals surface area contributed by atoms with Crippen LogP contribution in [-0.4, -0.2) is 89.0 Å². The number of hydrogen-bond acceptors (Lipinski definition) is 14. The van der Waals surface area contributed by atoms with Crippen LogP contribution in [0.3, 0.4) is 0 Å². The first-order chi connectivity index (χ1) is 20.9. The molecule has 0 amide bonds. The van der Waals surface area contributed by atoms with Crippen LogP contribution in [0.15, 0.2) is 41.7 Å². The number of nitrogen functional groups attached to an aromatic ring is 1. The highest BCUT2D eigenvalue weighted by atomic mass is 32.7. The molecule has 3 fully saturated rings. The maximum atomic E-state index is 16.0. The van der Waals surface area contributed by atoms with Gasteiger partial charge in [-0.2, -0.15) is 4.98 Å². The second kappa shape index (κ2) is 11.2. The summed E-state index contributed by atoms with van der Waals surface area (Å²) in [7, 11) is 0. The third-order valence-corrected chi connectivity index (χ3v) is 10.5. The molecule has 44 heavy (non-hydrogen) atoms. The number of alkyl halides is 1. The van der Waals surface area contributed by atoms with Crippen molar-refractivity contribution in [3.8, 4) is 0 Å². The van der Waals surface area contributed by atoms with Crippen LogP contribution in [0.5, 0.6) is 0 Å². The van der Waals surface area contributed by atoms with Crippen molar-refractivity contribution in [3.05, 3.63) is 47.3 Å². The van der Waals surface area contributed by atoms with Crippen LogP contribution in [0.2, 0.25) is 0 Å². The molecule has 6 unspecified atom stereocenters. The highest BCUT2D eigenvalue weighted by Gasteiger charge is 2.53. The number of para-hydroxylation sites is 2. The largest absolute Gasteiger partial charge is 0.387 e. The van der Waals surface area contributed by atoms with Gasteiger partial charge in [-0.05, 0) is 23.9 Å². The van der Waals surface area contributed by atoms with Crippen LogP contribution in [-0.2, 0) is 43.9 Å². The average molecular weight is 692 g/mol. The normalized spacial score (nSPS) is 38.3. The molecule has 1 aromatic carbocycles. The van der Waals surface area contributed by atoms with Gasteiger partial charge in [0.25, 0.3) is 5.56 Å². The number of anilines is 1. The molecule has 3 saturated heterocycles. The Labute approximate surface area is 256 Å². The van der Waals surface area contributed by atoms with Crippen molar-refractivity contribution in [2.24, 2.45) is 0 Å². The molecule has 7 rings (SSSR count). The molecule has 0 saturated carbocycles. The maximum absolute atomic E-state index is 16.0. The van der Waals surface area contributed by atoms with Crippen LogP contribution in [0, 0.1) is 0 Å². The number of thiol groups is 1. The minimum absolute atomic E-state index is 0.0877. The summed E-state index contributed by atoms with van der Waals surface area (Å²) >= 11 is 9.26. The molecule has 4 aromatic rings. The molecule has 3 aliphatic heterocycles. The summed E-state index contributed by atoms with van der Waals surface area (Å²) < 4.78 is 66.2. The van der Waals surface area contributed by atoms with Crippen molar-refractivity contribution >= 4 is 65.7 Å².